The maximum Gasteiger partial charge on any atom is 0.227 e. The normalized spacial score (nSPS) is 19.4. The standard InChI is InChI=1S/C12H17N3O4S/c1-8-10(3-4-11(14-8)19-2)15-6-9(5-12(15)16)7-20(13,17)18/h3-4,9H,5-7H2,1-2H3,(H2,13,17,18). The summed E-state index contributed by atoms with van der Waals surface area (Å²) in [6.45, 7) is 2.11. The number of methoxy groups -OCH3 is 1. The zero-order valence-corrected chi connectivity index (χ0v) is 12.2. The van der Waals surface area contributed by atoms with E-state index in [9.17, 15) is 13.2 Å². The van der Waals surface area contributed by atoms with Crippen molar-refractivity contribution in [2.24, 2.45) is 11.1 Å². The molecule has 7 nitrogen and oxygen atoms in total. The van der Waals surface area contributed by atoms with E-state index in [-0.39, 0.29) is 24.0 Å². The third-order valence-corrected chi connectivity index (χ3v) is 4.14. The first-order chi connectivity index (χ1) is 9.30. The second-order valence-electron chi connectivity index (χ2n) is 4.86. The molecule has 1 aromatic heterocycles. The van der Waals surface area contributed by atoms with Crippen LogP contribution < -0.4 is 14.8 Å². The predicted molar refractivity (Wildman–Crippen MR) is 74.0 cm³/mol. The lowest BCUT2D eigenvalue weighted by Crippen LogP contribution is -2.28. The average molecular weight is 299 g/mol. The molecular formula is C12H17N3O4S. The lowest BCUT2D eigenvalue weighted by molar-refractivity contribution is -0.117. The van der Waals surface area contributed by atoms with Crippen LogP contribution in [0, 0.1) is 12.8 Å². The van der Waals surface area contributed by atoms with Gasteiger partial charge in [-0.2, -0.15) is 0 Å². The van der Waals surface area contributed by atoms with Crippen molar-refractivity contribution in [3.05, 3.63) is 17.8 Å². The van der Waals surface area contributed by atoms with Crippen molar-refractivity contribution in [3.8, 4) is 5.88 Å². The van der Waals surface area contributed by atoms with Crippen LogP contribution in [0.3, 0.4) is 0 Å². The highest BCUT2D eigenvalue weighted by Crippen LogP contribution is 2.28. The second-order valence-corrected chi connectivity index (χ2v) is 6.52. The van der Waals surface area contributed by atoms with Crippen LogP contribution in [0.15, 0.2) is 12.1 Å². The van der Waals surface area contributed by atoms with Gasteiger partial charge in [-0.3, -0.25) is 4.79 Å². The lowest BCUT2D eigenvalue weighted by atomic mass is 10.1. The molecule has 2 heterocycles. The smallest absolute Gasteiger partial charge is 0.227 e. The average Bonchev–Trinajstić information content (AvgIpc) is 2.67. The van der Waals surface area contributed by atoms with Gasteiger partial charge in [0.25, 0.3) is 0 Å². The van der Waals surface area contributed by atoms with Crippen LogP contribution in [0.2, 0.25) is 0 Å². The molecule has 0 bridgehead atoms. The van der Waals surface area contributed by atoms with Crippen LogP contribution in [0.4, 0.5) is 5.69 Å². The number of hydrogen-bond acceptors (Lipinski definition) is 5. The SMILES string of the molecule is COc1ccc(N2CC(CS(N)(=O)=O)CC2=O)c(C)n1. The second kappa shape index (κ2) is 5.37. The number of carbonyl (C=O) groups excluding carboxylic acids is 1. The van der Waals surface area contributed by atoms with Gasteiger partial charge in [0, 0.05) is 24.9 Å². The van der Waals surface area contributed by atoms with E-state index in [0.717, 1.165) is 0 Å². The number of nitrogens with two attached hydrogens (primary N) is 1. The molecular weight excluding hydrogens is 282 g/mol. The molecule has 0 aliphatic carbocycles. The maximum atomic E-state index is 12.0. The summed E-state index contributed by atoms with van der Waals surface area (Å²) in [5.74, 6) is -0.107. The number of anilines is 1. The molecule has 0 saturated carbocycles. The quantitative estimate of drug-likeness (QED) is 0.845. The van der Waals surface area contributed by atoms with E-state index in [1.165, 1.54) is 7.11 Å². The van der Waals surface area contributed by atoms with Crippen molar-refractivity contribution in [2.75, 3.05) is 24.3 Å². The number of hydrogen-bond donors (Lipinski definition) is 1. The Balaban J connectivity index is 2.20. The number of sulfonamides is 1. The summed E-state index contributed by atoms with van der Waals surface area (Å²) in [7, 11) is -2.05. The maximum absolute atomic E-state index is 12.0. The Labute approximate surface area is 117 Å². The van der Waals surface area contributed by atoms with Gasteiger partial charge < -0.3 is 9.64 Å². The molecule has 2 rings (SSSR count). The first-order valence-corrected chi connectivity index (χ1v) is 7.84. The Morgan fingerprint density at radius 1 is 1.50 bits per heavy atom. The zero-order valence-electron chi connectivity index (χ0n) is 11.4. The number of nitrogens with zero attached hydrogens (tertiary/aromatic N) is 2. The van der Waals surface area contributed by atoms with Crippen molar-refractivity contribution < 1.29 is 17.9 Å². The van der Waals surface area contributed by atoms with Gasteiger partial charge in [0.15, 0.2) is 0 Å². The summed E-state index contributed by atoms with van der Waals surface area (Å²) in [6, 6.07) is 3.42. The highest BCUT2D eigenvalue weighted by atomic mass is 32.2. The summed E-state index contributed by atoms with van der Waals surface area (Å²) < 4.78 is 27.2. The Morgan fingerprint density at radius 3 is 2.75 bits per heavy atom. The molecule has 0 radical (unpaired) electrons. The minimum absolute atomic E-state index is 0.117. The van der Waals surface area contributed by atoms with Gasteiger partial charge in [0.05, 0.1) is 24.2 Å². The molecule has 1 aromatic rings. The van der Waals surface area contributed by atoms with E-state index in [2.05, 4.69) is 4.98 Å². The Bertz CT molecular complexity index is 630. The molecule has 20 heavy (non-hydrogen) atoms. The van der Waals surface area contributed by atoms with Gasteiger partial charge in [-0.15, -0.1) is 0 Å². The first-order valence-electron chi connectivity index (χ1n) is 6.12. The summed E-state index contributed by atoms with van der Waals surface area (Å²) >= 11 is 0. The molecule has 1 aliphatic heterocycles. The minimum atomic E-state index is -3.57. The zero-order chi connectivity index (χ0) is 14.9. The molecule has 1 saturated heterocycles. The van der Waals surface area contributed by atoms with Crippen molar-refractivity contribution in [1.29, 1.82) is 0 Å². The fourth-order valence-electron chi connectivity index (χ4n) is 2.38. The number of aromatic nitrogens is 1. The van der Waals surface area contributed by atoms with Crippen molar-refractivity contribution >= 4 is 21.6 Å². The number of carbonyl (C=O) groups is 1. The number of aryl methyl sites for hydroxylation is 1. The number of primary sulfonamides is 1. The lowest BCUT2D eigenvalue weighted by Gasteiger charge is -2.18. The summed E-state index contributed by atoms with van der Waals surface area (Å²) in [6.07, 6.45) is 0.182. The van der Waals surface area contributed by atoms with E-state index in [1.54, 1.807) is 24.0 Å². The summed E-state index contributed by atoms with van der Waals surface area (Å²) in [5, 5.41) is 5.03. The van der Waals surface area contributed by atoms with E-state index >= 15 is 0 Å². The van der Waals surface area contributed by atoms with Gasteiger partial charge in [-0.05, 0) is 13.0 Å². The largest absolute Gasteiger partial charge is 0.481 e. The first kappa shape index (κ1) is 14.7. The van der Waals surface area contributed by atoms with Gasteiger partial charge in [0.2, 0.25) is 21.8 Å². The topological polar surface area (TPSA) is 103 Å². The van der Waals surface area contributed by atoms with Crippen molar-refractivity contribution in [2.45, 2.75) is 13.3 Å². The van der Waals surface area contributed by atoms with E-state index in [4.69, 9.17) is 9.88 Å². The summed E-state index contributed by atoms with van der Waals surface area (Å²) in [4.78, 5) is 17.8. The number of amides is 1. The monoisotopic (exact) mass is 299 g/mol. The van der Waals surface area contributed by atoms with E-state index < -0.39 is 10.0 Å². The number of rotatable bonds is 4. The highest BCUT2D eigenvalue weighted by Gasteiger charge is 2.33. The van der Waals surface area contributed by atoms with Gasteiger partial charge >= 0.3 is 0 Å². The molecule has 110 valence electrons. The Hall–Kier alpha value is -1.67. The van der Waals surface area contributed by atoms with Crippen LogP contribution >= 0.6 is 0 Å². The number of pyridine rings is 1. The predicted octanol–water partition coefficient (Wildman–Crippen LogP) is 0.0400. The Morgan fingerprint density at radius 2 is 2.20 bits per heavy atom. The van der Waals surface area contributed by atoms with E-state index in [0.29, 0.717) is 23.8 Å². The Kier molecular flexibility index (Phi) is 3.96. The van der Waals surface area contributed by atoms with Crippen LogP contribution in [0.25, 0.3) is 0 Å². The third kappa shape index (κ3) is 3.26. The van der Waals surface area contributed by atoms with Crippen LogP contribution in [-0.4, -0.2) is 38.7 Å². The van der Waals surface area contributed by atoms with Gasteiger partial charge in [-0.1, -0.05) is 0 Å². The molecule has 1 unspecified atom stereocenters. The molecule has 1 amide bonds. The molecule has 0 spiro atoms. The van der Waals surface area contributed by atoms with Gasteiger partial charge in [-0.25, -0.2) is 18.5 Å². The van der Waals surface area contributed by atoms with Crippen LogP contribution in [0.1, 0.15) is 12.1 Å². The fraction of sp³-hybridized carbons (Fsp3) is 0.500. The van der Waals surface area contributed by atoms with Crippen LogP contribution in [-0.2, 0) is 14.8 Å². The van der Waals surface area contributed by atoms with Gasteiger partial charge in [0.1, 0.15) is 0 Å². The molecule has 1 aliphatic rings. The van der Waals surface area contributed by atoms with E-state index in [1.807, 2.05) is 0 Å². The van der Waals surface area contributed by atoms with Crippen LogP contribution in [0.5, 0.6) is 5.88 Å². The highest BCUT2D eigenvalue weighted by molar-refractivity contribution is 7.89. The summed E-state index contributed by atoms with van der Waals surface area (Å²) in [5.41, 5.74) is 1.33. The third-order valence-electron chi connectivity index (χ3n) is 3.21. The molecule has 0 aromatic carbocycles. The number of ether oxygens (including phenoxy) is 1. The van der Waals surface area contributed by atoms with Crippen molar-refractivity contribution in [1.82, 2.24) is 4.98 Å². The minimum Gasteiger partial charge on any atom is -0.481 e. The molecule has 2 N–H and O–H groups in total. The fourth-order valence-corrected chi connectivity index (χ4v) is 3.26. The molecule has 1 atom stereocenters. The molecule has 8 heteroatoms. The molecule has 1 fully saturated rings. The van der Waals surface area contributed by atoms with Crippen molar-refractivity contribution in [3.63, 3.8) is 0 Å².